The van der Waals surface area contributed by atoms with E-state index in [9.17, 15) is 9.59 Å². The fraction of sp³-hybridized carbons (Fsp3) is 0.500. The Hall–Kier alpha value is -2.90. The lowest BCUT2D eigenvalue weighted by molar-refractivity contribution is 0.0688. The van der Waals surface area contributed by atoms with Gasteiger partial charge < -0.3 is 19.3 Å². The largest absolute Gasteiger partial charge is 0.353 e. The molecule has 1 aliphatic carbocycles. The molecule has 1 saturated heterocycles. The number of amides is 2. The van der Waals surface area contributed by atoms with E-state index in [1.807, 2.05) is 32.6 Å². The summed E-state index contributed by atoms with van der Waals surface area (Å²) < 4.78 is 1.84. The highest BCUT2D eigenvalue weighted by molar-refractivity contribution is 5.96. The lowest BCUT2D eigenvalue weighted by Crippen LogP contribution is -2.49. The zero-order valence-electron chi connectivity index (χ0n) is 15.8. The van der Waals surface area contributed by atoms with E-state index >= 15 is 0 Å². The molecule has 0 unspecified atom stereocenters. The maximum Gasteiger partial charge on any atom is 0.289 e. The quantitative estimate of drug-likeness (QED) is 0.794. The Bertz CT molecular complexity index is 883. The molecular weight excluding hydrogens is 356 g/mol. The highest BCUT2D eigenvalue weighted by atomic mass is 16.2. The summed E-state index contributed by atoms with van der Waals surface area (Å²) in [7, 11) is 0. The number of rotatable bonds is 4. The first kappa shape index (κ1) is 17.2. The highest BCUT2D eigenvalue weighted by Crippen LogP contribution is 2.30. The average Bonchev–Trinajstić information content (AvgIpc) is 3.45. The molecule has 0 bridgehead atoms. The minimum absolute atomic E-state index is 0.0443. The fourth-order valence-corrected chi connectivity index (χ4v) is 3.96. The van der Waals surface area contributed by atoms with Gasteiger partial charge in [0.25, 0.3) is 11.8 Å². The predicted molar refractivity (Wildman–Crippen MR) is 103 cm³/mol. The van der Waals surface area contributed by atoms with Gasteiger partial charge in [-0.25, -0.2) is 9.97 Å². The Kier molecular flexibility index (Phi) is 4.26. The molecule has 2 aliphatic heterocycles. The SMILES string of the molecule is O=C(c1cn2c(n1)C(=O)N(CC1CC1)CC2)N1CCN(c2ccccn2)CC1. The molecule has 5 rings (SSSR count). The van der Waals surface area contributed by atoms with Gasteiger partial charge in [-0.15, -0.1) is 0 Å². The zero-order valence-corrected chi connectivity index (χ0v) is 15.8. The van der Waals surface area contributed by atoms with Crippen molar-refractivity contribution in [1.82, 2.24) is 24.3 Å². The Morgan fingerprint density at radius 3 is 2.61 bits per heavy atom. The lowest BCUT2D eigenvalue weighted by Gasteiger charge is -2.35. The molecular formula is C20H24N6O2. The van der Waals surface area contributed by atoms with Gasteiger partial charge in [0.05, 0.1) is 0 Å². The van der Waals surface area contributed by atoms with Crippen molar-refractivity contribution >= 4 is 17.6 Å². The van der Waals surface area contributed by atoms with E-state index in [-0.39, 0.29) is 11.8 Å². The molecule has 2 fully saturated rings. The second kappa shape index (κ2) is 6.92. The van der Waals surface area contributed by atoms with Crippen LogP contribution in [0.2, 0.25) is 0 Å². The van der Waals surface area contributed by atoms with Crippen LogP contribution in [0.3, 0.4) is 0 Å². The van der Waals surface area contributed by atoms with E-state index in [1.165, 1.54) is 12.8 Å². The number of hydrogen-bond donors (Lipinski definition) is 0. The summed E-state index contributed by atoms with van der Waals surface area (Å²) >= 11 is 0. The van der Waals surface area contributed by atoms with Crippen molar-refractivity contribution in [1.29, 1.82) is 0 Å². The van der Waals surface area contributed by atoms with Crippen molar-refractivity contribution in [3.63, 3.8) is 0 Å². The number of piperazine rings is 1. The molecule has 4 heterocycles. The number of hydrogen-bond acceptors (Lipinski definition) is 5. The van der Waals surface area contributed by atoms with Crippen LogP contribution in [-0.2, 0) is 6.54 Å². The molecule has 8 nitrogen and oxygen atoms in total. The fourth-order valence-electron chi connectivity index (χ4n) is 3.96. The van der Waals surface area contributed by atoms with Crippen LogP contribution >= 0.6 is 0 Å². The Morgan fingerprint density at radius 1 is 1.07 bits per heavy atom. The van der Waals surface area contributed by atoms with Crippen LogP contribution in [0.25, 0.3) is 0 Å². The molecule has 0 N–H and O–H groups in total. The van der Waals surface area contributed by atoms with E-state index in [0.29, 0.717) is 43.6 Å². The van der Waals surface area contributed by atoms with Gasteiger partial charge in [0, 0.05) is 58.2 Å². The predicted octanol–water partition coefficient (Wildman–Crippen LogP) is 1.11. The minimum Gasteiger partial charge on any atom is -0.353 e. The Labute approximate surface area is 163 Å². The second-order valence-electron chi connectivity index (χ2n) is 7.80. The number of fused-ring (bicyclic) bond motifs is 1. The number of carbonyl (C=O) groups is 2. The van der Waals surface area contributed by atoms with E-state index in [0.717, 1.165) is 25.5 Å². The number of pyridine rings is 1. The summed E-state index contributed by atoms with van der Waals surface area (Å²) in [6, 6.07) is 5.86. The number of aromatic nitrogens is 3. The van der Waals surface area contributed by atoms with Gasteiger partial charge in [-0.3, -0.25) is 9.59 Å². The first-order valence-electron chi connectivity index (χ1n) is 10.0. The molecule has 0 spiro atoms. The molecule has 28 heavy (non-hydrogen) atoms. The molecule has 146 valence electrons. The average molecular weight is 380 g/mol. The van der Waals surface area contributed by atoms with Crippen molar-refractivity contribution in [3.8, 4) is 0 Å². The van der Waals surface area contributed by atoms with Gasteiger partial charge in [0.15, 0.2) is 5.82 Å². The third-order valence-corrected chi connectivity index (χ3v) is 5.80. The van der Waals surface area contributed by atoms with Crippen molar-refractivity contribution in [2.24, 2.45) is 5.92 Å². The van der Waals surface area contributed by atoms with Crippen LogP contribution in [0.4, 0.5) is 5.82 Å². The van der Waals surface area contributed by atoms with Gasteiger partial charge in [-0.2, -0.15) is 0 Å². The summed E-state index contributed by atoms with van der Waals surface area (Å²) in [6.45, 7) is 4.97. The summed E-state index contributed by atoms with van der Waals surface area (Å²) in [6.07, 6.45) is 5.96. The van der Waals surface area contributed by atoms with Gasteiger partial charge in [-0.1, -0.05) is 6.07 Å². The van der Waals surface area contributed by atoms with Crippen molar-refractivity contribution in [2.75, 3.05) is 44.2 Å². The minimum atomic E-state index is -0.0934. The maximum atomic E-state index is 12.9. The molecule has 0 aromatic carbocycles. The number of anilines is 1. The molecule has 0 atom stereocenters. The summed E-state index contributed by atoms with van der Waals surface area (Å²) in [5, 5.41) is 0. The van der Waals surface area contributed by atoms with Crippen LogP contribution in [0.5, 0.6) is 0 Å². The third-order valence-electron chi connectivity index (χ3n) is 5.80. The number of carbonyl (C=O) groups excluding carboxylic acids is 2. The monoisotopic (exact) mass is 380 g/mol. The van der Waals surface area contributed by atoms with Crippen LogP contribution in [0, 0.1) is 5.92 Å². The van der Waals surface area contributed by atoms with Gasteiger partial charge in [0.2, 0.25) is 0 Å². The summed E-state index contributed by atoms with van der Waals surface area (Å²) in [5.41, 5.74) is 0.378. The van der Waals surface area contributed by atoms with Crippen LogP contribution in [-0.4, -0.2) is 75.4 Å². The smallest absolute Gasteiger partial charge is 0.289 e. The van der Waals surface area contributed by atoms with Crippen molar-refractivity contribution in [3.05, 3.63) is 42.1 Å². The van der Waals surface area contributed by atoms with Crippen LogP contribution in [0.1, 0.15) is 33.9 Å². The first-order valence-corrected chi connectivity index (χ1v) is 10.0. The van der Waals surface area contributed by atoms with Gasteiger partial charge >= 0.3 is 0 Å². The third kappa shape index (κ3) is 3.23. The standard InChI is InChI=1S/C20H24N6O2/c27-19(24-9-7-23(8-10-24)17-3-1-2-6-21-17)16-14-25-11-12-26(13-15-4-5-15)20(28)18(25)22-16/h1-3,6,14-15H,4-5,7-13H2. The summed E-state index contributed by atoms with van der Waals surface area (Å²) in [5.74, 6) is 1.86. The molecule has 2 aromatic rings. The number of nitrogens with zero attached hydrogens (tertiary/aromatic N) is 6. The van der Waals surface area contributed by atoms with Crippen LogP contribution in [0.15, 0.2) is 30.6 Å². The van der Waals surface area contributed by atoms with Crippen molar-refractivity contribution in [2.45, 2.75) is 19.4 Å². The summed E-state index contributed by atoms with van der Waals surface area (Å²) in [4.78, 5) is 40.3. The second-order valence-corrected chi connectivity index (χ2v) is 7.80. The zero-order chi connectivity index (χ0) is 19.1. The first-order chi connectivity index (χ1) is 13.7. The molecule has 1 saturated carbocycles. The molecule has 0 radical (unpaired) electrons. The topological polar surface area (TPSA) is 74.6 Å². The van der Waals surface area contributed by atoms with E-state index in [4.69, 9.17) is 0 Å². The van der Waals surface area contributed by atoms with Gasteiger partial charge in [0.1, 0.15) is 11.5 Å². The Morgan fingerprint density at radius 2 is 1.89 bits per heavy atom. The van der Waals surface area contributed by atoms with E-state index in [1.54, 1.807) is 12.4 Å². The number of imidazole rings is 1. The molecule has 8 heteroatoms. The van der Waals surface area contributed by atoms with Gasteiger partial charge in [-0.05, 0) is 30.9 Å². The van der Waals surface area contributed by atoms with E-state index in [2.05, 4.69) is 14.9 Å². The van der Waals surface area contributed by atoms with E-state index < -0.39 is 0 Å². The van der Waals surface area contributed by atoms with Crippen LogP contribution < -0.4 is 4.90 Å². The lowest BCUT2D eigenvalue weighted by atomic mass is 10.2. The molecule has 2 aromatic heterocycles. The maximum absolute atomic E-state index is 12.9. The highest BCUT2D eigenvalue weighted by Gasteiger charge is 2.33. The molecule has 2 amide bonds. The molecule has 3 aliphatic rings. The Balaban J connectivity index is 1.25. The normalized spacial score (nSPS) is 19.7. The van der Waals surface area contributed by atoms with Crippen molar-refractivity contribution < 1.29 is 9.59 Å².